The van der Waals surface area contributed by atoms with Crippen LogP contribution in [0.4, 0.5) is 0 Å². The monoisotopic (exact) mass is 563 g/mol. The van der Waals surface area contributed by atoms with Crippen LogP contribution in [0.15, 0.2) is 152 Å². The fraction of sp³-hybridized carbons (Fsp3) is 0. The molecule has 0 spiro atoms. The molecule has 0 unspecified atom stereocenters. The number of fused-ring (bicyclic) bond motifs is 6. The SMILES string of the molecule is c1ccc(-c2ncc(-n3c4ccccc4c4ccccc43)c(-n3ccnc3-c3cc4ccccc4c4ccccc34)n2)cc1. The first-order chi connectivity index (χ1) is 21.8. The summed E-state index contributed by atoms with van der Waals surface area (Å²) in [5.41, 5.74) is 5.09. The third-order valence-electron chi connectivity index (χ3n) is 8.48. The summed E-state index contributed by atoms with van der Waals surface area (Å²) in [6.07, 6.45) is 5.82. The number of hydrogen-bond acceptors (Lipinski definition) is 3. The molecule has 6 aromatic carbocycles. The third-order valence-corrected chi connectivity index (χ3v) is 8.48. The lowest BCUT2D eigenvalue weighted by atomic mass is 9.97. The van der Waals surface area contributed by atoms with E-state index in [0.29, 0.717) is 5.82 Å². The highest BCUT2D eigenvalue weighted by atomic mass is 15.2. The smallest absolute Gasteiger partial charge is 0.166 e. The van der Waals surface area contributed by atoms with Crippen LogP contribution in [-0.4, -0.2) is 24.1 Å². The molecule has 9 rings (SSSR count). The number of imidazole rings is 1. The summed E-state index contributed by atoms with van der Waals surface area (Å²) >= 11 is 0. The first-order valence-corrected chi connectivity index (χ1v) is 14.7. The van der Waals surface area contributed by atoms with Crippen molar-refractivity contribution in [3.63, 3.8) is 0 Å². The molecule has 44 heavy (non-hydrogen) atoms. The Morgan fingerprint density at radius 2 is 1.14 bits per heavy atom. The summed E-state index contributed by atoms with van der Waals surface area (Å²) in [5, 5.41) is 7.12. The summed E-state index contributed by atoms with van der Waals surface area (Å²) in [7, 11) is 0. The van der Waals surface area contributed by atoms with E-state index in [4.69, 9.17) is 15.0 Å². The Labute approximate surface area is 253 Å². The highest BCUT2D eigenvalue weighted by molar-refractivity contribution is 6.13. The van der Waals surface area contributed by atoms with Crippen LogP contribution in [-0.2, 0) is 0 Å². The van der Waals surface area contributed by atoms with Gasteiger partial charge < -0.3 is 4.57 Å². The second-order valence-corrected chi connectivity index (χ2v) is 10.9. The molecule has 0 aliphatic carbocycles. The maximum absolute atomic E-state index is 5.27. The van der Waals surface area contributed by atoms with Gasteiger partial charge in [-0.05, 0) is 39.7 Å². The normalized spacial score (nSPS) is 11.6. The van der Waals surface area contributed by atoms with Crippen molar-refractivity contribution in [3.05, 3.63) is 152 Å². The van der Waals surface area contributed by atoms with Crippen LogP contribution in [0.2, 0.25) is 0 Å². The van der Waals surface area contributed by atoms with Gasteiger partial charge in [-0.15, -0.1) is 0 Å². The highest BCUT2D eigenvalue weighted by Crippen LogP contribution is 2.38. The maximum atomic E-state index is 5.27. The molecule has 0 saturated heterocycles. The number of benzene rings is 6. The van der Waals surface area contributed by atoms with Gasteiger partial charge in [-0.25, -0.2) is 15.0 Å². The lowest BCUT2D eigenvalue weighted by molar-refractivity contribution is 0.951. The molecule has 0 bridgehead atoms. The largest absolute Gasteiger partial charge is 0.304 e. The van der Waals surface area contributed by atoms with Crippen LogP contribution in [0, 0.1) is 0 Å². The second-order valence-electron chi connectivity index (χ2n) is 10.9. The molecule has 9 aromatic rings. The van der Waals surface area contributed by atoms with Gasteiger partial charge in [0.1, 0.15) is 11.5 Å². The molecule has 5 nitrogen and oxygen atoms in total. The van der Waals surface area contributed by atoms with Crippen molar-refractivity contribution >= 4 is 43.4 Å². The van der Waals surface area contributed by atoms with E-state index >= 15 is 0 Å². The van der Waals surface area contributed by atoms with Crippen molar-refractivity contribution in [1.82, 2.24) is 24.1 Å². The Balaban J connectivity index is 1.37. The fourth-order valence-electron chi connectivity index (χ4n) is 6.52. The van der Waals surface area contributed by atoms with E-state index in [1.165, 1.54) is 26.9 Å². The van der Waals surface area contributed by atoms with Crippen LogP contribution in [0.5, 0.6) is 0 Å². The Morgan fingerprint density at radius 1 is 0.523 bits per heavy atom. The van der Waals surface area contributed by atoms with E-state index in [0.717, 1.165) is 44.9 Å². The standard InChI is InChI=1S/C39H25N5/c1-2-12-26(13-3-1)37-41-25-36(44-34-20-10-8-18-31(34)32-19-9-11-21-35(32)44)39(42-37)43-23-22-40-38(43)33-24-27-14-4-5-15-28(27)29-16-6-7-17-30(29)33/h1-25H. The predicted molar refractivity (Wildman–Crippen MR) is 179 cm³/mol. The molecule has 3 heterocycles. The minimum Gasteiger partial charge on any atom is -0.304 e. The van der Waals surface area contributed by atoms with E-state index in [1.54, 1.807) is 0 Å². The Morgan fingerprint density at radius 3 is 1.89 bits per heavy atom. The van der Waals surface area contributed by atoms with Gasteiger partial charge >= 0.3 is 0 Å². The molecule has 0 atom stereocenters. The van der Waals surface area contributed by atoms with Gasteiger partial charge in [-0.1, -0.05) is 115 Å². The number of para-hydroxylation sites is 2. The highest BCUT2D eigenvalue weighted by Gasteiger charge is 2.21. The van der Waals surface area contributed by atoms with Gasteiger partial charge in [0.2, 0.25) is 0 Å². The van der Waals surface area contributed by atoms with Gasteiger partial charge in [0.05, 0.1) is 17.2 Å². The fourth-order valence-corrected chi connectivity index (χ4v) is 6.52. The van der Waals surface area contributed by atoms with Gasteiger partial charge in [-0.2, -0.15) is 0 Å². The number of aromatic nitrogens is 5. The minimum atomic E-state index is 0.660. The Kier molecular flexibility index (Phi) is 5.43. The topological polar surface area (TPSA) is 48.5 Å². The number of rotatable bonds is 4. The van der Waals surface area contributed by atoms with Gasteiger partial charge in [-0.3, -0.25) is 4.57 Å². The zero-order valence-electron chi connectivity index (χ0n) is 23.7. The molecular weight excluding hydrogens is 538 g/mol. The summed E-state index contributed by atoms with van der Waals surface area (Å²) in [6, 6.07) is 46.5. The van der Waals surface area contributed by atoms with Crippen LogP contribution >= 0.6 is 0 Å². The van der Waals surface area contributed by atoms with Crippen molar-refractivity contribution in [2.75, 3.05) is 0 Å². The lowest BCUT2D eigenvalue weighted by Crippen LogP contribution is -2.09. The number of nitrogens with zero attached hydrogens (tertiary/aromatic N) is 5. The molecule has 0 saturated carbocycles. The van der Waals surface area contributed by atoms with Gasteiger partial charge in [0, 0.05) is 34.3 Å². The van der Waals surface area contributed by atoms with Crippen molar-refractivity contribution < 1.29 is 0 Å². The van der Waals surface area contributed by atoms with Gasteiger partial charge in [0.25, 0.3) is 0 Å². The zero-order chi connectivity index (χ0) is 29.0. The molecule has 5 heteroatoms. The van der Waals surface area contributed by atoms with E-state index in [9.17, 15) is 0 Å². The van der Waals surface area contributed by atoms with E-state index in [2.05, 4.69) is 112 Å². The zero-order valence-corrected chi connectivity index (χ0v) is 23.7. The summed E-state index contributed by atoms with van der Waals surface area (Å²) < 4.78 is 4.39. The molecule has 0 radical (unpaired) electrons. The minimum absolute atomic E-state index is 0.660. The number of hydrogen-bond donors (Lipinski definition) is 0. The van der Waals surface area contributed by atoms with Gasteiger partial charge in [0.15, 0.2) is 11.6 Å². The van der Waals surface area contributed by atoms with E-state index in [-0.39, 0.29) is 0 Å². The average Bonchev–Trinajstić information content (AvgIpc) is 3.71. The molecular formula is C39H25N5. The van der Waals surface area contributed by atoms with Crippen molar-refractivity contribution in [2.24, 2.45) is 0 Å². The molecule has 0 amide bonds. The summed E-state index contributed by atoms with van der Waals surface area (Å²) in [6.45, 7) is 0. The van der Waals surface area contributed by atoms with Crippen molar-refractivity contribution in [3.8, 4) is 34.3 Å². The lowest BCUT2D eigenvalue weighted by Gasteiger charge is -2.17. The Bertz CT molecular complexity index is 2450. The quantitative estimate of drug-likeness (QED) is 0.200. The maximum Gasteiger partial charge on any atom is 0.166 e. The Hall–Kier alpha value is -6.07. The van der Waals surface area contributed by atoms with Crippen LogP contribution in [0.3, 0.4) is 0 Å². The molecule has 0 aliphatic heterocycles. The molecule has 3 aromatic heterocycles. The summed E-state index contributed by atoms with van der Waals surface area (Å²) in [5.74, 6) is 2.25. The second kappa shape index (κ2) is 9.75. The van der Waals surface area contributed by atoms with Crippen LogP contribution < -0.4 is 0 Å². The first kappa shape index (κ1) is 24.5. The summed E-state index contributed by atoms with van der Waals surface area (Å²) in [4.78, 5) is 15.2. The van der Waals surface area contributed by atoms with E-state index in [1.807, 2.05) is 48.9 Å². The predicted octanol–water partition coefficient (Wildman–Crippen LogP) is 9.40. The molecule has 206 valence electrons. The molecule has 0 aliphatic rings. The van der Waals surface area contributed by atoms with Crippen LogP contribution in [0.25, 0.3) is 77.6 Å². The van der Waals surface area contributed by atoms with E-state index < -0.39 is 0 Å². The van der Waals surface area contributed by atoms with Crippen molar-refractivity contribution in [2.45, 2.75) is 0 Å². The van der Waals surface area contributed by atoms with Crippen molar-refractivity contribution in [1.29, 1.82) is 0 Å². The molecule has 0 fully saturated rings. The van der Waals surface area contributed by atoms with Crippen LogP contribution in [0.1, 0.15) is 0 Å². The first-order valence-electron chi connectivity index (χ1n) is 14.7. The third kappa shape index (κ3) is 3.69. The average molecular weight is 564 g/mol. The molecule has 0 N–H and O–H groups in total.